The molecule has 110 valence electrons. The molecule has 1 rings (SSSR count). The van der Waals surface area contributed by atoms with E-state index in [4.69, 9.17) is 5.11 Å². The summed E-state index contributed by atoms with van der Waals surface area (Å²) >= 11 is 0. The summed E-state index contributed by atoms with van der Waals surface area (Å²) in [7, 11) is 0. The van der Waals surface area contributed by atoms with Gasteiger partial charge in [0, 0.05) is 18.5 Å². The van der Waals surface area contributed by atoms with Gasteiger partial charge in [0.1, 0.15) is 0 Å². The molecule has 0 aliphatic carbocycles. The molecular formula is C16H23NO3. The third-order valence-corrected chi connectivity index (χ3v) is 3.43. The summed E-state index contributed by atoms with van der Waals surface area (Å²) in [6, 6.07) is 7.82. The summed E-state index contributed by atoms with van der Waals surface area (Å²) < 4.78 is 0. The third-order valence-electron chi connectivity index (χ3n) is 3.43. The molecule has 1 aromatic carbocycles. The smallest absolute Gasteiger partial charge is 0.303 e. The van der Waals surface area contributed by atoms with Crippen LogP contribution in [0, 0.1) is 5.92 Å². The first-order valence-corrected chi connectivity index (χ1v) is 7.04. The first-order valence-electron chi connectivity index (χ1n) is 7.04. The van der Waals surface area contributed by atoms with Crippen LogP contribution < -0.4 is 5.32 Å². The van der Waals surface area contributed by atoms with Gasteiger partial charge >= 0.3 is 5.97 Å². The van der Waals surface area contributed by atoms with E-state index in [9.17, 15) is 9.59 Å². The Bertz CT molecular complexity index is 453. The molecule has 0 fully saturated rings. The van der Waals surface area contributed by atoms with Crippen LogP contribution in [0.4, 0.5) is 5.69 Å². The molecule has 0 aliphatic heterocycles. The van der Waals surface area contributed by atoms with Crippen LogP contribution in [0.5, 0.6) is 0 Å². The van der Waals surface area contributed by atoms with Gasteiger partial charge in [-0.25, -0.2) is 0 Å². The van der Waals surface area contributed by atoms with Crippen molar-refractivity contribution in [2.75, 3.05) is 5.32 Å². The molecule has 4 heteroatoms. The summed E-state index contributed by atoms with van der Waals surface area (Å²) in [5.41, 5.74) is 2.01. The van der Waals surface area contributed by atoms with E-state index in [-0.39, 0.29) is 24.7 Å². The van der Waals surface area contributed by atoms with Gasteiger partial charge in [0.25, 0.3) is 0 Å². The number of amides is 1. The van der Waals surface area contributed by atoms with Crippen molar-refractivity contribution in [3.63, 3.8) is 0 Å². The lowest BCUT2D eigenvalue weighted by molar-refractivity contribution is -0.138. The lowest BCUT2D eigenvalue weighted by Gasteiger charge is -2.12. The standard InChI is InChI=1S/C16H23NO3/c1-4-12(3)13-5-7-14(8-6-13)17-15(18)9-11(2)10-16(19)20/h5-8,11-12H,4,9-10H2,1-3H3,(H,17,18)(H,19,20). The van der Waals surface area contributed by atoms with E-state index in [1.165, 1.54) is 5.56 Å². The second-order valence-corrected chi connectivity index (χ2v) is 5.39. The van der Waals surface area contributed by atoms with E-state index >= 15 is 0 Å². The Kier molecular flexibility index (Phi) is 6.22. The van der Waals surface area contributed by atoms with E-state index in [2.05, 4.69) is 19.2 Å². The second kappa shape index (κ2) is 7.68. The Balaban J connectivity index is 2.52. The van der Waals surface area contributed by atoms with Gasteiger partial charge in [-0.3, -0.25) is 9.59 Å². The van der Waals surface area contributed by atoms with Gasteiger partial charge in [0.2, 0.25) is 5.91 Å². The highest BCUT2D eigenvalue weighted by Gasteiger charge is 2.12. The maximum absolute atomic E-state index is 11.8. The summed E-state index contributed by atoms with van der Waals surface area (Å²) in [5.74, 6) is -0.666. The van der Waals surface area contributed by atoms with E-state index in [1.54, 1.807) is 6.92 Å². The quantitative estimate of drug-likeness (QED) is 0.799. The van der Waals surface area contributed by atoms with Gasteiger partial charge in [-0.15, -0.1) is 0 Å². The molecule has 1 aromatic rings. The van der Waals surface area contributed by atoms with E-state index in [0.717, 1.165) is 12.1 Å². The Hall–Kier alpha value is -1.84. The van der Waals surface area contributed by atoms with Gasteiger partial charge in [0.15, 0.2) is 0 Å². The highest BCUT2D eigenvalue weighted by Crippen LogP contribution is 2.20. The zero-order valence-corrected chi connectivity index (χ0v) is 12.3. The zero-order valence-electron chi connectivity index (χ0n) is 12.3. The minimum absolute atomic E-state index is 0.0143. The van der Waals surface area contributed by atoms with E-state index in [1.807, 2.05) is 24.3 Å². The largest absolute Gasteiger partial charge is 0.481 e. The van der Waals surface area contributed by atoms with E-state index in [0.29, 0.717) is 5.92 Å². The fraction of sp³-hybridized carbons (Fsp3) is 0.500. The van der Waals surface area contributed by atoms with Crippen molar-refractivity contribution >= 4 is 17.6 Å². The maximum atomic E-state index is 11.8. The first kappa shape index (κ1) is 16.2. The molecule has 20 heavy (non-hydrogen) atoms. The number of anilines is 1. The molecule has 0 radical (unpaired) electrons. The SMILES string of the molecule is CCC(C)c1ccc(NC(=O)CC(C)CC(=O)O)cc1. The van der Waals surface area contributed by atoms with Gasteiger partial charge < -0.3 is 10.4 Å². The molecule has 0 aromatic heterocycles. The lowest BCUT2D eigenvalue weighted by Crippen LogP contribution is -2.16. The minimum Gasteiger partial charge on any atom is -0.481 e. The molecule has 0 bridgehead atoms. The number of hydrogen-bond donors (Lipinski definition) is 2. The van der Waals surface area contributed by atoms with Crippen LogP contribution in [0.25, 0.3) is 0 Å². The molecular weight excluding hydrogens is 254 g/mol. The van der Waals surface area contributed by atoms with Crippen LogP contribution in [0.15, 0.2) is 24.3 Å². The predicted octanol–water partition coefficient (Wildman–Crippen LogP) is 3.64. The van der Waals surface area contributed by atoms with Crippen LogP contribution in [0.3, 0.4) is 0 Å². The predicted molar refractivity (Wildman–Crippen MR) is 79.8 cm³/mol. The van der Waals surface area contributed by atoms with Crippen LogP contribution in [0.1, 0.15) is 51.5 Å². The van der Waals surface area contributed by atoms with Crippen molar-refractivity contribution in [3.8, 4) is 0 Å². The van der Waals surface area contributed by atoms with Crippen molar-refractivity contribution in [3.05, 3.63) is 29.8 Å². The fourth-order valence-electron chi connectivity index (χ4n) is 2.03. The molecule has 2 N–H and O–H groups in total. The molecule has 0 saturated heterocycles. The average molecular weight is 277 g/mol. The Morgan fingerprint density at radius 2 is 1.75 bits per heavy atom. The Morgan fingerprint density at radius 3 is 2.25 bits per heavy atom. The van der Waals surface area contributed by atoms with Crippen LogP contribution in [-0.4, -0.2) is 17.0 Å². The molecule has 0 saturated carbocycles. The summed E-state index contributed by atoms with van der Waals surface area (Å²) in [4.78, 5) is 22.3. The third kappa shape index (κ3) is 5.43. The number of carboxylic acid groups (broad SMARTS) is 1. The number of carbonyl (C=O) groups excluding carboxylic acids is 1. The topological polar surface area (TPSA) is 66.4 Å². The Morgan fingerprint density at radius 1 is 1.15 bits per heavy atom. The molecule has 2 unspecified atom stereocenters. The summed E-state index contributed by atoms with van der Waals surface area (Å²) in [6.45, 7) is 6.07. The van der Waals surface area contributed by atoms with Crippen molar-refractivity contribution in [1.82, 2.24) is 0 Å². The number of nitrogens with one attached hydrogen (secondary N) is 1. The first-order chi connectivity index (χ1) is 9.42. The number of benzene rings is 1. The Labute approximate surface area is 120 Å². The number of rotatable bonds is 7. The molecule has 0 aliphatic rings. The van der Waals surface area contributed by atoms with E-state index < -0.39 is 5.97 Å². The lowest BCUT2D eigenvalue weighted by atomic mass is 9.98. The van der Waals surface area contributed by atoms with Crippen molar-refractivity contribution in [2.45, 2.75) is 46.0 Å². The van der Waals surface area contributed by atoms with Crippen LogP contribution >= 0.6 is 0 Å². The summed E-state index contributed by atoms with van der Waals surface area (Å²) in [5, 5.41) is 11.5. The van der Waals surface area contributed by atoms with Gasteiger partial charge in [-0.2, -0.15) is 0 Å². The highest BCUT2D eigenvalue weighted by atomic mass is 16.4. The van der Waals surface area contributed by atoms with Gasteiger partial charge in [-0.05, 0) is 36.0 Å². The van der Waals surface area contributed by atoms with Crippen molar-refractivity contribution in [2.24, 2.45) is 5.92 Å². The normalized spacial score (nSPS) is 13.6. The van der Waals surface area contributed by atoms with Gasteiger partial charge in [0.05, 0.1) is 0 Å². The zero-order chi connectivity index (χ0) is 15.1. The molecule has 1 amide bonds. The number of carboxylic acids is 1. The van der Waals surface area contributed by atoms with Crippen molar-refractivity contribution < 1.29 is 14.7 Å². The van der Waals surface area contributed by atoms with Crippen LogP contribution in [0.2, 0.25) is 0 Å². The van der Waals surface area contributed by atoms with Crippen LogP contribution in [-0.2, 0) is 9.59 Å². The molecule has 0 spiro atoms. The fourth-order valence-corrected chi connectivity index (χ4v) is 2.03. The van der Waals surface area contributed by atoms with Crippen molar-refractivity contribution in [1.29, 1.82) is 0 Å². The van der Waals surface area contributed by atoms with Gasteiger partial charge in [-0.1, -0.05) is 32.9 Å². The number of aliphatic carboxylic acids is 1. The minimum atomic E-state index is -0.872. The second-order valence-electron chi connectivity index (χ2n) is 5.39. The number of carbonyl (C=O) groups is 2. The monoisotopic (exact) mass is 277 g/mol. The molecule has 4 nitrogen and oxygen atoms in total. The molecule has 2 atom stereocenters. The average Bonchev–Trinajstić information content (AvgIpc) is 2.37. The summed E-state index contributed by atoms with van der Waals surface area (Å²) in [6.07, 6.45) is 1.32. The molecule has 0 heterocycles. The highest BCUT2D eigenvalue weighted by molar-refractivity contribution is 5.91. The number of hydrogen-bond acceptors (Lipinski definition) is 2. The maximum Gasteiger partial charge on any atom is 0.303 e.